The molecule has 40 heavy (non-hydrogen) atoms. The minimum absolute atomic E-state index is 0.118. The second-order valence-electron chi connectivity index (χ2n) is 8.70. The number of aryl methyl sites for hydroxylation is 1. The number of nitrogens with zero attached hydrogens (tertiary/aromatic N) is 2. The summed E-state index contributed by atoms with van der Waals surface area (Å²) in [7, 11) is 1.38. The molecule has 4 rings (SSSR count). The lowest BCUT2D eigenvalue weighted by molar-refractivity contribution is -0.148. The zero-order valence-corrected chi connectivity index (χ0v) is 21.3. The highest BCUT2D eigenvalue weighted by Gasteiger charge is 2.50. The molecule has 0 aliphatic carbocycles. The van der Waals surface area contributed by atoms with E-state index in [0.717, 1.165) is 24.3 Å². The summed E-state index contributed by atoms with van der Waals surface area (Å²) in [5.41, 5.74) is -2.24. The van der Waals surface area contributed by atoms with E-state index in [0.29, 0.717) is 11.1 Å². The summed E-state index contributed by atoms with van der Waals surface area (Å²) < 4.78 is 50.5. The standard InChI is InChI=1S/C29H24F3N3O5/c1-18-33-23(39-2)17-24(34-18)40-25(27(37)38)28(20-9-5-3-6-10-20,21-11-7-4-8-12-21)35-26(36)19-13-15-22(16-14-19)29(30,31)32/h3-17,25H,1-2H3,(H,35,36)(H,37,38). The SMILES string of the molecule is COc1cc(OC(C(=O)O)C(NC(=O)c2ccc(C(F)(F)F)cc2)(c2ccccc2)c2ccccc2)nc(C)n1. The van der Waals surface area contributed by atoms with Crippen molar-refractivity contribution < 1.29 is 37.3 Å². The van der Waals surface area contributed by atoms with Crippen molar-refractivity contribution in [3.63, 3.8) is 0 Å². The summed E-state index contributed by atoms with van der Waals surface area (Å²) >= 11 is 0. The van der Waals surface area contributed by atoms with Gasteiger partial charge in [0.05, 0.1) is 18.7 Å². The molecule has 0 fully saturated rings. The molecule has 1 aromatic heterocycles. The molecule has 206 valence electrons. The van der Waals surface area contributed by atoms with Gasteiger partial charge >= 0.3 is 12.1 Å². The van der Waals surface area contributed by atoms with E-state index in [1.165, 1.54) is 13.2 Å². The van der Waals surface area contributed by atoms with Crippen LogP contribution in [0.4, 0.5) is 13.2 Å². The molecule has 1 heterocycles. The van der Waals surface area contributed by atoms with Crippen molar-refractivity contribution >= 4 is 11.9 Å². The van der Waals surface area contributed by atoms with E-state index in [1.54, 1.807) is 67.6 Å². The molecular formula is C29H24F3N3O5. The second kappa shape index (κ2) is 11.4. The molecule has 0 radical (unpaired) electrons. The average Bonchev–Trinajstić information content (AvgIpc) is 2.95. The smallest absolute Gasteiger partial charge is 0.416 e. The summed E-state index contributed by atoms with van der Waals surface area (Å²) in [5.74, 6) is -2.03. The fourth-order valence-electron chi connectivity index (χ4n) is 4.27. The molecule has 11 heteroatoms. The molecule has 0 aliphatic heterocycles. The highest BCUT2D eigenvalue weighted by atomic mass is 19.4. The first-order chi connectivity index (χ1) is 19.0. The summed E-state index contributed by atoms with van der Waals surface area (Å²) in [6, 6.07) is 21.4. The molecule has 4 aromatic rings. The van der Waals surface area contributed by atoms with Crippen LogP contribution in [0.1, 0.15) is 32.9 Å². The molecule has 1 unspecified atom stereocenters. The average molecular weight is 552 g/mol. The Balaban J connectivity index is 1.90. The van der Waals surface area contributed by atoms with Crippen LogP contribution in [0.3, 0.4) is 0 Å². The van der Waals surface area contributed by atoms with Crippen LogP contribution in [0.5, 0.6) is 11.8 Å². The number of benzene rings is 3. The Morgan fingerprint density at radius 3 is 1.82 bits per heavy atom. The van der Waals surface area contributed by atoms with Crippen molar-refractivity contribution in [2.45, 2.75) is 24.7 Å². The van der Waals surface area contributed by atoms with Crippen LogP contribution < -0.4 is 14.8 Å². The number of ether oxygens (including phenoxy) is 2. The summed E-state index contributed by atoms with van der Waals surface area (Å²) in [6.45, 7) is 1.57. The fourth-order valence-corrected chi connectivity index (χ4v) is 4.27. The number of hydrogen-bond donors (Lipinski definition) is 2. The van der Waals surface area contributed by atoms with Crippen molar-refractivity contribution in [2.24, 2.45) is 0 Å². The molecule has 2 N–H and O–H groups in total. The van der Waals surface area contributed by atoms with Gasteiger partial charge in [-0.25, -0.2) is 4.79 Å². The Bertz CT molecular complexity index is 1440. The summed E-state index contributed by atoms with van der Waals surface area (Å²) in [6.07, 6.45) is -6.40. The number of carboxylic acid groups (broad SMARTS) is 1. The molecule has 3 aromatic carbocycles. The summed E-state index contributed by atoms with van der Waals surface area (Å²) in [4.78, 5) is 34.8. The Hall–Kier alpha value is -4.93. The third-order valence-corrected chi connectivity index (χ3v) is 6.10. The number of rotatable bonds is 9. The highest BCUT2D eigenvalue weighted by molar-refractivity contribution is 5.96. The third kappa shape index (κ3) is 5.88. The second-order valence-corrected chi connectivity index (χ2v) is 8.70. The number of carbonyl (C=O) groups is 2. The number of carboxylic acids is 1. The number of halogens is 3. The van der Waals surface area contributed by atoms with Crippen molar-refractivity contribution in [1.29, 1.82) is 0 Å². The van der Waals surface area contributed by atoms with Crippen LogP contribution in [-0.2, 0) is 16.5 Å². The zero-order chi connectivity index (χ0) is 28.9. The first-order valence-electron chi connectivity index (χ1n) is 11.9. The number of aliphatic carboxylic acids is 1. The Labute approximate surface area is 227 Å². The quantitative estimate of drug-likeness (QED) is 0.301. The van der Waals surface area contributed by atoms with E-state index in [-0.39, 0.29) is 23.1 Å². The minimum atomic E-state index is -4.59. The van der Waals surface area contributed by atoms with Gasteiger partial charge in [0.25, 0.3) is 5.91 Å². The first kappa shape index (κ1) is 28.1. The predicted octanol–water partition coefficient (Wildman–Crippen LogP) is 5.02. The maximum atomic E-state index is 13.6. The first-order valence-corrected chi connectivity index (χ1v) is 11.9. The van der Waals surface area contributed by atoms with Gasteiger partial charge < -0.3 is 19.9 Å². The Kier molecular flexibility index (Phi) is 8.03. The number of carbonyl (C=O) groups excluding carboxylic acids is 1. The van der Waals surface area contributed by atoms with Gasteiger partial charge in [0.1, 0.15) is 11.4 Å². The third-order valence-electron chi connectivity index (χ3n) is 6.10. The normalized spacial score (nSPS) is 12.3. The molecule has 0 bridgehead atoms. The molecule has 0 aliphatic rings. The topological polar surface area (TPSA) is 111 Å². The molecule has 1 amide bonds. The molecule has 0 saturated carbocycles. The number of hydrogen-bond acceptors (Lipinski definition) is 6. The largest absolute Gasteiger partial charge is 0.481 e. The number of methoxy groups -OCH3 is 1. The van der Waals surface area contributed by atoms with Gasteiger partial charge in [0, 0.05) is 5.56 Å². The monoisotopic (exact) mass is 551 g/mol. The van der Waals surface area contributed by atoms with E-state index < -0.39 is 35.3 Å². The van der Waals surface area contributed by atoms with Gasteiger partial charge in [0.15, 0.2) is 0 Å². The molecule has 8 nitrogen and oxygen atoms in total. The molecule has 1 atom stereocenters. The molecular weight excluding hydrogens is 527 g/mol. The molecule has 0 spiro atoms. The predicted molar refractivity (Wildman–Crippen MR) is 138 cm³/mol. The van der Waals surface area contributed by atoms with E-state index in [4.69, 9.17) is 9.47 Å². The highest BCUT2D eigenvalue weighted by Crippen LogP contribution is 2.37. The zero-order valence-electron chi connectivity index (χ0n) is 21.3. The summed E-state index contributed by atoms with van der Waals surface area (Å²) in [5, 5.41) is 13.3. The van der Waals surface area contributed by atoms with Crippen LogP contribution in [-0.4, -0.2) is 40.2 Å². The van der Waals surface area contributed by atoms with E-state index >= 15 is 0 Å². The maximum absolute atomic E-state index is 13.6. The van der Waals surface area contributed by atoms with Crippen molar-refractivity contribution in [3.05, 3.63) is 119 Å². The van der Waals surface area contributed by atoms with Crippen LogP contribution in [0, 0.1) is 6.92 Å². The van der Waals surface area contributed by atoms with Gasteiger partial charge in [-0.2, -0.15) is 23.1 Å². The molecule has 0 saturated heterocycles. The number of alkyl halides is 3. The van der Waals surface area contributed by atoms with Crippen LogP contribution in [0.25, 0.3) is 0 Å². The lowest BCUT2D eigenvalue weighted by Crippen LogP contribution is -2.59. The number of nitrogens with one attached hydrogen (secondary N) is 1. The van der Waals surface area contributed by atoms with Crippen molar-refractivity contribution in [3.8, 4) is 11.8 Å². The van der Waals surface area contributed by atoms with Crippen LogP contribution in [0.2, 0.25) is 0 Å². The number of amides is 1. The van der Waals surface area contributed by atoms with Gasteiger partial charge in [-0.1, -0.05) is 60.7 Å². The lowest BCUT2D eigenvalue weighted by atomic mass is 9.77. The van der Waals surface area contributed by atoms with Gasteiger partial charge in [-0.3, -0.25) is 4.79 Å². The van der Waals surface area contributed by atoms with Crippen molar-refractivity contribution in [1.82, 2.24) is 15.3 Å². The fraction of sp³-hybridized carbons (Fsp3) is 0.172. The van der Waals surface area contributed by atoms with Crippen LogP contribution >= 0.6 is 0 Å². The Morgan fingerprint density at radius 2 is 1.35 bits per heavy atom. The van der Waals surface area contributed by atoms with Crippen molar-refractivity contribution in [2.75, 3.05) is 7.11 Å². The van der Waals surface area contributed by atoms with Gasteiger partial charge in [-0.05, 0) is 42.3 Å². The maximum Gasteiger partial charge on any atom is 0.416 e. The number of aromatic nitrogens is 2. The van der Waals surface area contributed by atoms with Crippen LogP contribution in [0.15, 0.2) is 91.0 Å². The Morgan fingerprint density at radius 1 is 0.825 bits per heavy atom. The van der Waals surface area contributed by atoms with E-state index in [2.05, 4.69) is 15.3 Å². The minimum Gasteiger partial charge on any atom is -0.481 e. The van der Waals surface area contributed by atoms with Gasteiger partial charge in [0.2, 0.25) is 17.9 Å². The lowest BCUT2D eigenvalue weighted by Gasteiger charge is -2.40. The van der Waals surface area contributed by atoms with E-state index in [9.17, 15) is 27.9 Å². The van der Waals surface area contributed by atoms with E-state index in [1.807, 2.05) is 0 Å². The van der Waals surface area contributed by atoms with Gasteiger partial charge in [-0.15, -0.1) is 0 Å².